The van der Waals surface area contributed by atoms with Crippen molar-refractivity contribution in [2.75, 3.05) is 5.32 Å². The van der Waals surface area contributed by atoms with Crippen LogP contribution < -0.4 is 5.32 Å². The van der Waals surface area contributed by atoms with Crippen molar-refractivity contribution in [3.63, 3.8) is 0 Å². The molecule has 0 aliphatic rings. The highest BCUT2D eigenvalue weighted by atomic mass is 15.2. The number of anilines is 1. The zero-order chi connectivity index (χ0) is 14.8. The predicted molar refractivity (Wildman–Crippen MR) is 83.7 cm³/mol. The number of imidazole rings is 1. The molecule has 21 heavy (non-hydrogen) atoms. The van der Waals surface area contributed by atoms with E-state index in [1.54, 1.807) is 12.5 Å². The topological polar surface area (TPSA) is 58.5 Å². The molecule has 1 aromatic carbocycles. The van der Waals surface area contributed by atoms with Crippen LogP contribution in [-0.4, -0.2) is 19.7 Å². The van der Waals surface area contributed by atoms with Gasteiger partial charge in [-0.2, -0.15) is 5.10 Å². The lowest BCUT2D eigenvalue weighted by Crippen LogP contribution is -2.08. The Hall–Kier alpha value is -2.56. The van der Waals surface area contributed by atoms with Crippen molar-refractivity contribution in [3.05, 3.63) is 59.9 Å². The molecule has 0 saturated carbocycles. The summed E-state index contributed by atoms with van der Waals surface area (Å²) >= 11 is 0. The molecule has 108 valence electrons. The number of hydrogen-bond donors (Lipinski definition) is 2. The highest BCUT2D eigenvalue weighted by molar-refractivity contribution is 5.53. The number of benzene rings is 1. The van der Waals surface area contributed by atoms with Gasteiger partial charge in [-0.25, -0.2) is 4.98 Å². The van der Waals surface area contributed by atoms with Crippen LogP contribution in [0.5, 0.6) is 0 Å². The first-order valence-electron chi connectivity index (χ1n) is 7.01. The molecule has 2 N–H and O–H groups in total. The number of nitrogens with one attached hydrogen (secondary N) is 2. The molecule has 0 spiro atoms. The Labute approximate surface area is 124 Å². The zero-order valence-corrected chi connectivity index (χ0v) is 12.5. The maximum atomic E-state index is 4.21. The highest BCUT2D eigenvalue weighted by Crippen LogP contribution is 2.24. The minimum Gasteiger partial charge on any atom is -0.376 e. The van der Waals surface area contributed by atoms with E-state index in [-0.39, 0.29) is 6.04 Å². The minimum absolute atomic E-state index is 0.219. The molecule has 5 nitrogen and oxygen atoms in total. The fourth-order valence-corrected chi connectivity index (χ4v) is 2.41. The van der Waals surface area contributed by atoms with E-state index >= 15 is 0 Å². The van der Waals surface area contributed by atoms with Crippen molar-refractivity contribution < 1.29 is 0 Å². The lowest BCUT2D eigenvalue weighted by molar-refractivity contribution is 0.878. The van der Waals surface area contributed by atoms with Crippen LogP contribution in [0.15, 0.2) is 43.0 Å². The van der Waals surface area contributed by atoms with Gasteiger partial charge < -0.3 is 9.88 Å². The van der Waals surface area contributed by atoms with E-state index in [2.05, 4.69) is 51.7 Å². The van der Waals surface area contributed by atoms with E-state index in [0.717, 1.165) is 22.8 Å². The average Bonchev–Trinajstić information content (AvgIpc) is 3.13. The van der Waals surface area contributed by atoms with Crippen LogP contribution in [0.4, 0.5) is 5.69 Å². The summed E-state index contributed by atoms with van der Waals surface area (Å²) in [6.45, 7) is 6.18. The van der Waals surface area contributed by atoms with Crippen molar-refractivity contribution in [1.29, 1.82) is 0 Å². The molecular weight excluding hydrogens is 262 g/mol. The Balaban J connectivity index is 1.78. The van der Waals surface area contributed by atoms with Gasteiger partial charge in [0.15, 0.2) is 0 Å². The van der Waals surface area contributed by atoms with Gasteiger partial charge in [0.05, 0.1) is 23.4 Å². The maximum Gasteiger partial charge on any atom is 0.0991 e. The van der Waals surface area contributed by atoms with Crippen molar-refractivity contribution in [2.24, 2.45) is 0 Å². The Morgan fingerprint density at radius 1 is 1.19 bits per heavy atom. The smallest absolute Gasteiger partial charge is 0.0991 e. The molecule has 0 aliphatic heterocycles. The van der Waals surface area contributed by atoms with Crippen LogP contribution in [0, 0.1) is 13.8 Å². The standard InChI is InChI=1S/C16H19N5/c1-11(18-16-12(2)19-20-13(16)3)14-4-6-15(7-5-14)21-9-8-17-10-21/h4-11,18H,1-3H3,(H,19,20). The van der Waals surface area contributed by atoms with Crippen LogP contribution in [-0.2, 0) is 0 Å². The van der Waals surface area contributed by atoms with Crippen LogP contribution in [0.1, 0.15) is 29.9 Å². The molecule has 1 atom stereocenters. The van der Waals surface area contributed by atoms with E-state index < -0.39 is 0 Å². The van der Waals surface area contributed by atoms with Crippen molar-refractivity contribution in [2.45, 2.75) is 26.8 Å². The van der Waals surface area contributed by atoms with Crippen LogP contribution in [0.25, 0.3) is 5.69 Å². The zero-order valence-electron chi connectivity index (χ0n) is 12.5. The van der Waals surface area contributed by atoms with E-state index in [1.165, 1.54) is 5.56 Å². The number of rotatable bonds is 4. The summed E-state index contributed by atoms with van der Waals surface area (Å²) in [6, 6.07) is 8.70. The molecule has 0 bridgehead atoms. The summed E-state index contributed by atoms with van der Waals surface area (Å²) in [6.07, 6.45) is 5.52. The molecule has 1 unspecified atom stereocenters. The first kappa shape index (κ1) is 13.4. The first-order valence-corrected chi connectivity index (χ1v) is 7.01. The molecule has 0 saturated heterocycles. The van der Waals surface area contributed by atoms with Gasteiger partial charge in [-0.05, 0) is 38.5 Å². The minimum atomic E-state index is 0.219. The van der Waals surface area contributed by atoms with Gasteiger partial charge in [0, 0.05) is 24.1 Å². The Morgan fingerprint density at radius 2 is 1.95 bits per heavy atom. The summed E-state index contributed by atoms with van der Waals surface area (Å²) in [5, 5.41) is 10.7. The molecule has 0 fully saturated rings. The number of H-pyrrole nitrogens is 1. The van der Waals surface area contributed by atoms with Crippen molar-refractivity contribution >= 4 is 5.69 Å². The number of aromatic nitrogens is 4. The molecule has 2 aromatic heterocycles. The summed E-state index contributed by atoms with van der Waals surface area (Å²) < 4.78 is 1.99. The number of aryl methyl sites for hydroxylation is 2. The number of hydrogen-bond acceptors (Lipinski definition) is 3. The fraction of sp³-hybridized carbons (Fsp3) is 0.250. The van der Waals surface area contributed by atoms with Crippen molar-refractivity contribution in [3.8, 4) is 5.69 Å². The lowest BCUT2D eigenvalue weighted by Gasteiger charge is -2.16. The monoisotopic (exact) mass is 281 g/mol. The maximum absolute atomic E-state index is 4.21. The van der Waals surface area contributed by atoms with E-state index in [1.807, 2.05) is 24.6 Å². The van der Waals surface area contributed by atoms with Gasteiger partial charge >= 0.3 is 0 Å². The molecule has 3 rings (SSSR count). The highest BCUT2D eigenvalue weighted by Gasteiger charge is 2.11. The SMILES string of the molecule is Cc1n[nH]c(C)c1NC(C)c1ccc(-n2ccnc2)cc1. The van der Waals surface area contributed by atoms with Gasteiger partial charge in [-0.1, -0.05) is 12.1 Å². The lowest BCUT2D eigenvalue weighted by atomic mass is 10.1. The molecule has 3 aromatic rings. The number of aromatic amines is 1. The normalized spacial score (nSPS) is 12.3. The largest absolute Gasteiger partial charge is 0.376 e. The van der Waals surface area contributed by atoms with Gasteiger partial charge in [0.1, 0.15) is 0 Å². The van der Waals surface area contributed by atoms with E-state index in [4.69, 9.17) is 0 Å². The molecule has 0 aliphatic carbocycles. The van der Waals surface area contributed by atoms with Crippen LogP contribution in [0.2, 0.25) is 0 Å². The summed E-state index contributed by atoms with van der Waals surface area (Å²) in [5.41, 5.74) is 5.49. The summed E-state index contributed by atoms with van der Waals surface area (Å²) in [5.74, 6) is 0. The third kappa shape index (κ3) is 2.67. The molecule has 2 heterocycles. The van der Waals surface area contributed by atoms with Gasteiger partial charge in [-0.15, -0.1) is 0 Å². The molecule has 0 radical (unpaired) electrons. The van der Waals surface area contributed by atoms with Gasteiger partial charge in [0.2, 0.25) is 0 Å². The summed E-state index contributed by atoms with van der Waals surface area (Å²) in [4.78, 5) is 4.07. The molecular formula is C16H19N5. The Kier molecular flexibility index (Phi) is 3.48. The summed E-state index contributed by atoms with van der Waals surface area (Å²) in [7, 11) is 0. The second kappa shape index (κ2) is 5.44. The third-order valence-corrected chi connectivity index (χ3v) is 3.68. The Morgan fingerprint density at radius 3 is 2.52 bits per heavy atom. The van der Waals surface area contributed by atoms with Crippen molar-refractivity contribution in [1.82, 2.24) is 19.7 Å². The second-order valence-electron chi connectivity index (χ2n) is 5.24. The quantitative estimate of drug-likeness (QED) is 0.770. The van der Waals surface area contributed by atoms with Gasteiger partial charge in [0.25, 0.3) is 0 Å². The Bertz CT molecular complexity index is 690. The van der Waals surface area contributed by atoms with E-state index in [0.29, 0.717) is 0 Å². The van der Waals surface area contributed by atoms with Crippen LogP contribution >= 0.6 is 0 Å². The van der Waals surface area contributed by atoms with Gasteiger partial charge in [-0.3, -0.25) is 5.10 Å². The predicted octanol–water partition coefficient (Wildman–Crippen LogP) is 3.39. The molecule has 0 amide bonds. The van der Waals surface area contributed by atoms with Crippen LogP contribution in [0.3, 0.4) is 0 Å². The molecule has 5 heteroatoms. The first-order chi connectivity index (χ1) is 10.1. The fourth-order valence-electron chi connectivity index (χ4n) is 2.41. The van der Waals surface area contributed by atoms with E-state index in [9.17, 15) is 0 Å². The third-order valence-electron chi connectivity index (χ3n) is 3.68. The average molecular weight is 281 g/mol. The number of nitrogens with zero attached hydrogens (tertiary/aromatic N) is 3. The second-order valence-corrected chi connectivity index (χ2v) is 5.24.